The van der Waals surface area contributed by atoms with Crippen LogP contribution in [0.5, 0.6) is 0 Å². The second-order valence-electron chi connectivity index (χ2n) is 4.48. The van der Waals surface area contributed by atoms with Gasteiger partial charge in [0.05, 0.1) is 11.3 Å². The highest BCUT2D eigenvalue weighted by molar-refractivity contribution is 6.04. The summed E-state index contributed by atoms with van der Waals surface area (Å²) in [6.45, 7) is 2.30. The van der Waals surface area contributed by atoms with Crippen molar-refractivity contribution in [1.82, 2.24) is 5.32 Å². The monoisotopic (exact) mass is 262 g/mol. The van der Waals surface area contributed by atoms with Crippen LogP contribution in [0.1, 0.15) is 30.1 Å². The van der Waals surface area contributed by atoms with Crippen molar-refractivity contribution in [3.8, 4) is 0 Å². The molecule has 2 rings (SSSR count). The minimum absolute atomic E-state index is 0.00488. The number of ether oxygens (including phenoxy) is 1. The largest absolute Gasteiger partial charge is 0.372 e. The molecule has 0 aromatic heterocycles. The topological polar surface area (TPSA) is 67.4 Å². The van der Waals surface area contributed by atoms with Gasteiger partial charge in [-0.3, -0.25) is 9.59 Å². The van der Waals surface area contributed by atoms with Crippen LogP contribution in [0.2, 0.25) is 0 Å². The van der Waals surface area contributed by atoms with Crippen LogP contribution in [0.15, 0.2) is 24.3 Å². The number of benzene rings is 1. The molecule has 2 N–H and O–H groups in total. The first-order valence-electron chi connectivity index (χ1n) is 6.48. The minimum atomic E-state index is -0.256. The van der Waals surface area contributed by atoms with E-state index in [0.717, 1.165) is 12.8 Å². The van der Waals surface area contributed by atoms with Gasteiger partial charge in [-0.15, -0.1) is 0 Å². The summed E-state index contributed by atoms with van der Waals surface area (Å²) >= 11 is 0. The lowest BCUT2D eigenvalue weighted by Gasteiger charge is -2.11. The van der Waals surface area contributed by atoms with E-state index < -0.39 is 0 Å². The first-order valence-corrected chi connectivity index (χ1v) is 6.48. The van der Waals surface area contributed by atoms with Crippen LogP contribution < -0.4 is 10.6 Å². The molecule has 2 amide bonds. The van der Waals surface area contributed by atoms with Gasteiger partial charge in [-0.25, -0.2) is 0 Å². The third-order valence-electron chi connectivity index (χ3n) is 2.80. The van der Waals surface area contributed by atoms with Gasteiger partial charge < -0.3 is 15.4 Å². The fraction of sp³-hybridized carbons (Fsp3) is 0.429. The number of carbonyl (C=O) groups excluding carboxylic acids is 2. The Morgan fingerprint density at radius 1 is 1.32 bits per heavy atom. The Bertz CT molecular complexity index is 470. The molecule has 1 aliphatic rings. The van der Waals surface area contributed by atoms with Gasteiger partial charge in [0.15, 0.2) is 0 Å². The summed E-state index contributed by atoms with van der Waals surface area (Å²) in [4.78, 5) is 23.6. The van der Waals surface area contributed by atoms with E-state index in [-0.39, 0.29) is 18.4 Å². The van der Waals surface area contributed by atoms with Gasteiger partial charge in [0.25, 0.3) is 5.91 Å². The van der Waals surface area contributed by atoms with Gasteiger partial charge in [-0.2, -0.15) is 0 Å². The fourth-order valence-electron chi connectivity index (χ4n) is 1.66. The number of rotatable bonds is 6. The van der Waals surface area contributed by atoms with Crippen molar-refractivity contribution in [2.24, 2.45) is 0 Å². The predicted octanol–water partition coefficient (Wildman–Crippen LogP) is 1.55. The molecule has 5 nitrogen and oxygen atoms in total. The van der Waals surface area contributed by atoms with Gasteiger partial charge in [-0.05, 0) is 31.9 Å². The Morgan fingerprint density at radius 2 is 2.05 bits per heavy atom. The number of hydrogen-bond acceptors (Lipinski definition) is 3. The number of anilines is 1. The van der Waals surface area contributed by atoms with Crippen LogP contribution in [-0.4, -0.2) is 31.1 Å². The summed E-state index contributed by atoms with van der Waals surface area (Å²) in [5.74, 6) is -0.400. The van der Waals surface area contributed by atoms with Crippen LogP contribution in [-0.2, 0) is 9.53 Å². The molecule has 1 saturated carbocycles. The zero-order valence-electron chi connectivity index (χ0n) is 10.9. The Morgan fingerprint density at radius 3 is 2.74 bits per heavy atom. The van der Waals surface area contributed by atoms with Crippen molar-refractivity contribution in [3.63, 3.8) is 0 Å². The average Bonchev–Trinajstić information content (AvgIpc) is 3.21. The van der Waals surface area contributed by atoms with Crippen molar-refractivity contribution in [2.45, 2.75) is 25.8 Å². The Labute approximate surface area is 112 Å². The third kappa shape index (κ3) is 4.06. The molecule has 1 fully saturated rings. The molecule has 1 aromatic carbocycles. The van der Waals surface area contributed by atoms with Crippen LogP contribution in [0, 0.1) is 0 Å². The molecule has 0 heterocycles. The van der Waals surface area contributed by atoms with Crippen molar-refractivity contribution >= 4 is 17.5 Å². The van der Waals surface area contributed by atoms with Crippen molar-refractivity contribution in [2.75, 3.05) is 18.5 Å². The lowest BCUT2D eigenvalue weighted by molar-refractivity contribution is -0.120. The van der Waals surface area contributed by atoms with Gasteiger partial charge in [0.2, 0.25) is 5.91 Å². The molecule has 0 spiro atoms. The molecule has 0 radical (unpaired) electrons. The molecule has 0 atom stereocenters. The average molecular weight is 262 g/mol. The second kappa shape index (κ2) is 6.33. The van der Waals surface area contributed by atoms with E-state index in [4.69, 9.17) is 4.74 Å². The molecule has 1 aliphatic carbocycles. The van der Waals surface area contributed by atoms with Gasteiger partial charge in [-0.1, -0.05) is 12.1 Å². The fourth-order valence-corrected chi connectivity index (χ4v) is 1.66. The number of nitrogens with one attached hydrogen (secondary N) is 2. The maximum Gasteiger partial charge on any atom is 0.253 e. The number of para-hydroxylation sites is 1. The molecule has 5 heteroatoms. The summed E-state index contributed by atoms with van der Waals surface area (Å²) in [7, 11) is 0. The molecule has 0 saturated heterocycles. The molecular formula is C14H18N2O3. The molecule has 1 aromatic rings. The van der Waals surface area contributed by atoms with E-state index in [1.807, 2.05) is 6.92 Å². The highest BCUT2D eigenvalue weighted by atomic mass is 16.5. The lowest BCUT2D eigenvalue weighted by Crippen LogP contribution is -2.27. The SMILES string of the molecule is CCOCC(=O)Nc1ccccc1C(=O)NC1CC1. The predicted molar refractivity (Wildman–Crippen MR) is 72.1 cm³/mol. The number of hydrogen-bond donors (Lipinski definition) is 2. The highest BCUT2D eigenvalue weighted by Crippen LogP contribution is 2.21. The molecular weight excluding hydrogens is 244 g/mol. The third-order valence-corrected chi connectivity index (χ3v) is 2.80. The minimum Gasteiger partial charge on any atom is -0.372 e. The van der Waals surface area contributed by atoms with Crippen molar-refractivity contribution in [1.29, 1.82) is 0 Å². The Hall–Kier alpha value is -1.88. The van der Waals surface area contributed by atoms with Crippen LogP contribution in [0.3, 0.4) is 0 Å². The van der Waals surface area contributed by atoms with E-state index in [1.165, 1.54) is 0 Å². The smallest absolute Gasteiger partial charge is 0.253 e. The summed E-state index contributed by atoms with van der Waals surface area (Å²) in [5.41, 5.74) is 1.00. The molecule has 102 valence electrons. The van der Waals surface area contributed by atoms with E-state index >= 15 is 0 Å². The summed E-state index contributed by atoms with van der Waals surface area (Å²) in [6, 6.07) is 7.27. The van der Waals surface area contributed by atoms with Crippen molar-refractivity contribution < 1.29 is 14.3 Å². The maximum atomic E-state index is 12.0. The second-order valence-corrected chi connectivity index (χ2v) is 4.48. The highest BCUT2D eigenvalue weighted by Gasteiger charge is 2.24. The van der Waals surface area contributed by atoms with Gasteiger partial charge >= 0.3 is 0 Å². The van der Waals surface area contributed by atoms with Gasteiger partial charge in [0.1, 0.15) is 6.61 Å². The maximum absolute atomic E-state index is 12.0. The standard InChI is InChI=1S/C14H18N2O3/c1-2-19-9-13(17)16-12-6-4-3-5-11(12)14(18)15-10-7-8-10/h3-6,10H,2,7-9H2,1H3,(H,15,18)(H,16,17). The van der Waals surface area contributed by atoms with Crippen LogP contribution in [0.25, 0.3) is 0 Å². The summed E-state index contributed by atoms with van der Waals surface area (Å²) in [5, 5.41) is 5.60. The van der Waals surface area contributed by atoms with E-state index in [1.54, 1.807) is 24.3 Å². The van der Waals surface area contributed by atoms with Crippen molar-refractivity contribution in [3.05, 3.63) is 29.8 Å². The molecule has 0 aliphatic heterocycles. The Kier molecular flexibility index (Phi) is 4.52. The first-order chi connectivity index (χ1) is 9.20. The normalized spacial score (nSPS) is 13.9. The first kappa shape index (κ1) is 13.5. The van der Waals surface area contributed by atoms with Crippen LogP contribution in [0.4, 0.5) is 5.69 Å². The lowest BCUT2D eigenvalue weighted by atomic mass is 10.1. The van der Waals surface area contributed by atoms with Gasteiger partial charge in [0, 0.05) is 12.6 Å². The summed E-state index contributed by atoms with van der Waals surface area (Å²) < 4.78 is 5.03. The summed E-state index contributed by atoms with van der Waals surface area (Å²) in [6.07, 6.45) is 2.06. The quantitative estimate of drug-likeness (QED) is 0.817. The molecule has 19 heavy (non-hydrogen) atoms. The Balaban J connectivity index is 2.02. The molecule has 0 unspecified atom stereocenters. The van der Waals surface area contributed by atoms with E-state index in [0.29, 0.717) is 23.9 Å². The van der Waals surface area contributed by atoms with Crippen LogP contribution >= 0.6 is 0 Å². The zero-order valence-corrected chi connectivity index (χ0v) is 10.9. The number of carbonyl (C=O) groups is 2. The van der Waals surface area contributed by atoms with E-state index in [2.05, 4.69) is 10.6 Å². The molecule has 0 bridgehead atoms. The van der Waals surface area contributed by atoms with E-state index in [9.17, 15) is 9.59 Å². The number of amides is 2. The zero-order chi connectivity index (χ0) is 13.7.